The number of nitrogens with one attached hydrogen (secondary N) is 1. The highest BCUT2D eigenvalue weighted by Crippen LogP contribution is 2.40. The fourth-order valence-corrected chi connectivity index (χ4v) is 9.06. The summed E-state index contributed by atoms with van der Waals surface area (Å²) in [6, 6.07) is 16.9. The molecule has 9 nitrogen and oxygen atoms in total. The molecule has 3 aromatic carbocycles. The molecule has 2 heterocycles. The van der Waals surface area contributed by atoms with Crippen LogP contribution in [-0.2, 0) is 31.3 Å². The standard InChI is InChI=1S/C39H44BrF2N3O6S/c1-25(37(47)50-5)20-26-8-6-9-27(21-26)39(4,15-7-14-38(2,3)24-52(48,49)19-18-46)45-17-13-33(44-45)30-22-28(10-11-31(30)41)51-36-32(42)23-34-29(35(36)40)12-16-43-34/h6,8-13,16-17,21-23,25,43,46H,7,14-15,18-20,24H2,1-5H3/t25-,39?/m1/s1. The van der Waals surface area contributed by atoms with Crippen LogP contribution in [0.3, 0.4) is 0 Å². The van der Waals surface area contributed by atoms with Crippen LogP contribution in [0.25, 0.3) is 22.2 Å². The molecule has 1 unspecified atom stereocenters. The lowest BCUT2D eigenvalue weighted by molar-refractivity contribution is -0.144. The van der Waals surface area contributed by atoms with Crippen LogP contribution in [0, 0.1) is 23.0 Å². The summed E-state index contributed by atoms with van der Waals surface area (Å²) in [6.07, 6.45) is 5.69. The number of hydrogen-bond donors (Lipinski definition) is 2. The van der Waals surface area contributed by atoms with Crippen LogP contribution in [0.5, 0.6) is 11.5 Å². The molecule has 0 amide bonds. The first-order valence-electron chi connectivity index (χ1n) is 17.0. The molecule has 2 aromatic heterocycles. The van der Waals surface area contributed by atoms with Gasteiger partial charge in [0.2, 0.25) is 0 Å². The van der Waals surface area contributed by atoms with Crippen molar-refractivity contribution in [2.45, 2.75) is 58.9 Å². The van der Waals surface area contributed by atoms with E-state index in [1.165, 1.54) is 31.4 Å². The van der Waals surface area contributed by atoms with Crippen molar-refractivity contribution >= 4 is 42.6 Å². The SMILES string of the molecule is COC(=O)[C@H](C)Cc1cccc(C(C)(CCCC(C)(C)CS(=O)(=O)CCO)n2ccc(-c3cc(Oc4c(F)cc5[nH]ccc5c4Br)ccc3F)n2)c1. The Morgan fingerprint density at radius 2 is 1.83 bits per heavy atom. The zero-order valence-electron chi connectivity index (χ0n) is 29.9. The normalized spacial score (nSPS) is 13.9. The minimum absolute atomic E-state index is 0.0313. The number of aliphatic hydroxyl groups is 1. The molecule has 0 radical (unpaired) electrons. The third-order valence-corrected chi connectivity index (χ3v) is 12.3. The maximum absolute atomic E-state index is 15.4. The smallest absolute Gasteiger partial charge is 0.308 e. The van der Waals surface area contributed by atoms with Crippen LogP contribution in [0.15, 0.2) is 77.5 Å². The van der Waals surface area contributed by atoms with E-state index in [4.69, 9.17) is 14.6 Å². The zero-order valence-corrected chi connectivity index (χ0v) is 32.3. The summed E-state index contributed by atoms with van der Waals surface area (Å²) in [5.41, 5.74) is 1.61. The molecule has 52 heavy (non-hydrogen) atoms. The van der Waals surface area contributed by atoms with Crippen LogP contribution >= 0.6 is 15.9 Å². The highest BCUT2D eigenvalue weighted by atomic mass is 79.9. The number of aromatic nitrogens is 3. The summed E-state index contributed by atoms with van der Waals surface area (Å²) in [5, 5.41) is 14.8. The molecule has 0 bridgehead atoms. The van der Waals surface area contributed by atoms with Crippen molar-refractivity contribution < 1.29 is 36.6 Å². The molecule has 0 aliphatic carbocycles. The van der Waals surface area contributed by atoms with Gasteiger partial charge in [0.25, 0.3) is 0 Å². The molecule has 0 spiro atoms. The van der Waals surface area contributed by atoms with Crippen LogP contribution in [0.1, 0.15) is 58.1 Å². The van der Waals surface area contributed by atoms with E-state index in [-0.39, 0.29) is 40.5 Å². The van der Waals surface area contributed by atoms with Gasteiger partial charge in [0.15, 0.2) is 21.4 Å². The number of esters is 1. The Labute approximate surface area is 311 Å². The van der Waals surface area contributed by atoms with E-state index in [0.29, 0.717) is 41.4 Å². The van der Waals surface area contributed by atoms with Gasteiger partial charge in [-0.2, -0.15) is 5.10 Å². The number of aromatic amines is 1. The van der Waals surface area contributed by atoms with Gasteiger partial charge >= 0.3 is 5.97 Å². The van der Waals surface area contributed by atoms with Gasteiger partial charge in [0.05, 0.1) is 46.8 Å². The van der Waals surface area contributed by atoms with Crippen LogP contribution in [-0.4, -0.2) is 59.5 Å². The summed E-state index contributed by atoms with van der Waals surface area (Å²) in [7, 11) is -2.07. The Kier molecular flexibility index (Phi) is 12.0. The maximum atomic E-state index is 15.4. The molecule has 2 atom stereocenters. The second-order valence-electron chi connectivity index (χ2n) is 14.3. The quantitative estimate of drug-likeness (QED) is 0.0959. The van der Waals surface area contributed by atoms with E-state index in [1.54, 1.807) is 29.2 Å². The number of carbonyl (C=O) groups is 1. The molecule has 0 fully saturated rings. The Hall–Kier alpha value is -4.07. The number of carbonyl (C=O) groups excluding carboxylic acids is 1. The van der Waals surface area contributed by atoms with Gasteiger partial charge in [-0.05, 0) is 89.0 Å². The number of nitrogens with zero attached hydrogens (tertiary/aromatic N) is 2. The van der Waals surface area contributed by atoms with E-state index < -0.39 is 39.0 Å². The lowest BCUT2D eigenvalue weighted by atomic mass is 9.82. The molecule has 0 saturated heterocycles. The number of hydrogen-bond acceptors (Lipinski definition) is 7. The van der Waals surface area contributed by atoms with Crippen molar-refractivity contribution in [3.8, 4) is 22.8 Å². The fourth-order valence-electron chi connectivity index (χ4n) is 6.68. The lowest BCUT2D eigenvalue weighted by Crippen LogP contribution is -2.33. The zero-order chi connectivity index (χ0) is 37.8. The first-order chi connectivity index (χ1) is 24.6. The third kappa shape index (κ3) is 8.92. The van der Waals surface area contributed by atoms with Crippen LogP contribution in [0.4, 0.5) is 8.78 Å². The Balaban J connectivity index is 1.47. The van der Waals surface area contributed by atoms with Gasteiger partial charge in [-0.15, -0.1) is 0 Å². The molecule has 0 saturated carbocycles. The highest BCUT2D eigenvalue weighted by Gasteiger charge is 2.33. The fraction of sp³-hybridized carbons (Fsp3) is 0.385. The summed E-state index contributed by atoms with van der Waals surface area (Å²) in [4.78, 5) is 15.2. The highest BCUT2D eigenvalue weighted by molar-refractivity contribution is 9.10. The van der Waals surface area contributed by atoms with Gasteiger partial charge in [0, 0.05) is 34.9 Å². The molecule has 13 heteroatoms. The second-order valence-corrected chi connectivity index (χ2v) is 17.2. The van der Waals surface area contributed by atoms with E-state index in [2.05, 4.69) is 20.9 Å². The molecule has 2 N–H and O–H groups in total. The number of H-pyrrole nitrogens is 1. The molecule has 278 valence electrons. The predicted octanol–water partition coefficient (Wildman–Crippen LogP) is 8.58. The molecular formula is C39H44BrF2N3O6S. The summed E-state index contributed by atoms with van der Waals surface area (Å²) in [5.74, 6) is -1.95. The average Bonchev–Trinajstić information content (AvgIpc) is 3.77. The number of halogens is 3. The number of fused-ring (bicyclic) bond motifs is 1. The minimum atomic E-state index is -3.43. The Morgan fingerprint density at radius 3 is 2.56 bits per heavy atom. The van der Waals surface area contributed by atoms with Crippen molar-refractivity contribution in [1.82, 2.24) is 14.8 Å². The predicted molar refractivity (Wildman–Crippen MR) is 201 cm³/mol. The second kappa shape index (κ2) is 15.9. The molecule has 0 aliphatic heterocycles. The number of sulfone groups is 1. The van der Waals surface area contributed by atoms with Crippen molar-refractivity contribution in [2.24, 2.45) is 11.3 Å². The van der Waals surface area contributed by atoms with Gasteiger partial charge in [0.1, 0.15) is 11.6 Å². The maximum Gasteiger partial charge on any atom is 0.308 e. The minimum Gasteiger partial charge on any atom is -0.469 e. The van der Waals surface area contributed by atoms with E-state index in [9.17, 15) is 18.3 Å². The van der Waals surface area contributed by atoms with E-state index in [0.717, 1.165) is 16.5 Å². The Morgan fingerprint density at radius 1 is 1.06 bits per heavy atom. The summed E-state index contributed by atoms with van der Waals surface area (Å²) in [6.45, 7) is 7.21. The molecule has 5 rings (SSSR count). The van der Waals surface area contributed by atoms with Gasteiger partial charge in [-0.3, -0.25) is 9.48 Å². The van der Waals surface area contributed by atoms with Gasteiger partial charge in [-0.25, -0.2) is 17.2 Å². The van der Waals surface area contributed by atoms with Crippen molar-refractivity contribution in [3.05, 3.63) is 100 Å². The van der Waals surface area contributed by atoms with Crippen molar-refractivity contribution in [3.63, 3.8) is 0 Å². The van der Waals surface area contributed by atoms with Crippen molar-refractivity contribution in [2.75, 3.05) is 25.2 Å². The number of methoxy groups -OCH3 is 1. The number of benzene rings is 3. The van der Waals surface area contributed by atoms with Crippen LogP contribution in [0.2, 0.25) is 0 Å². The molecular weight excluding hydrogens is 756 g/mol. The Bertz CT molecular complexity index is 2170. The lowest BCUT2D eigenvalue weighted by Gasteiger charge is -2.33. The molecule has 0 aliphatic rings. The summed E-state index contributed by atoms with van der Waals surface area (Å²) < 4.78 is 68.7. The van der Waals surface area contributed by atoms with Gasteiger partial charge < -0.3 is 19.6 Å². The number of rotatable bonds is 16. The van der Waals surface area contributed by atoms with E-state index >= 15 is 8.78 Å². The number of aliphatic hydroxyl groups excluding tert-OH is 1. The average molecular weight is 801 g/mol. The van der Waals surface area contributed by atoms with Gasteiger partial charge in [-0.1, -0.05) is 51.5 Å². The van der Waals surface area contributed by atoms with Crippen LogP contribution < -0.4 is 4.74 Å². The summed E-state index contributed by atoms with van der Waals surface area (Å²) >= 11 is 3.44. The van der Waals surface area contributed by atoms with E-state index in [1.807, 2.05) is 52.0 Å². The topological polar surface area (TPSA) is 124 Å². The molecule has 5 aromatic rings. The monoisotopic (exact) mass is 799 g/mol. The third-order valence-electron chi connectivity index (χ3n) is 9.46. The first kappa shape index (κ1) is 39.1. The van der Waals surface area contributed by atoms with Crippen molar-refractivity contribution in [1.29, 1.82) is 0 Å². The number of ether oxygens (including phenoxy) is 2. The largest absolute Gasteiger partial charge is 0.469 e. The first-order valence-corrected chi connectivity index (χ1v) is 19.6.